The first-order chi connectivity index (χ1) is 8.10. The monoisotopic (exact) mass is 273 g/mol. The van der Waals surface area contributed by atoms with Crippen LogP contribution in [0.4, 0.5) is 5.69 Å². The first kappa shape index (κ1) is 12.5. The quantitative estimate of drug-likeness (QED) is 0.841. The van der Waals surface area contributed by atoms with Crippen molar-refractivity contribution in [2.75, 3.05) is 17.7 Å². The highest BCUT2D eigenvalue weighted by Gasteiger charge is 2.07. The Hall–Kier alpha value is -0.970. The van der Waals surface area contributed by atoms with Gasteiger partial charge in [-0.1, -0.05) is 11.6 Å². The maximum Gasteiger partial charge on any atom is 0.0939 e. The van der Waals surface area contributed by atoms with Gasteiger partial charge in [-0.2, -0.15) is 5.10 Å². The zero-order valence-electron chi connectivity index (χ0n) is 9.32. The van der Waals surface area contributed by atoms with Gasteiger partial charge in [-0.3, -0.25) is 4.68 Å². The molecule has 0 amide bonds. The summed E-state index contributed by atoms with van der Waals surface area (Å²) in [5, 5.41) is 18.3. The van der Waals surface area contributed by atoms with Crippen molar-refractivity contribution in [3.05, 3.63) is 23.4 Å². The summed E-state index contributed by atoms with van der Waals surface area (Å²) < 4.78 is 1.73. The largest absolute Gasteiger partial charge is 0.390 e. The van der Waals surface area contributed by atoms with Gasteiger partial charge in [-0.05, 0) is 12.1 Å². The van der Waals surface area contributed by atoms with Crippen LogP contribution in [-0.4, -0.2) is 33.4 Å². The lowest BCUT2D eigenvalue weighted by atomic mass is 10.2. The lowest BCUT2D eigenvalue weighted by Crippen LogP contribution is -2.20. The number of hydrogen-bond donors (Lipinski definition) is 2. The Morgan fingerprint density at radius 1 is 1.53 bits per heavy atom. The Morgan fingerprint density at radius 2 is 2.29 bits per heavy atom. The predicted molar refractivity (Wildman–Crippen MR) is 70.9 cm³/mol. The molecule has 0 aliphatic carbocycles. The Kier molecular flexibility index (Phi) is 3.76. The summed E-state index contributed by atoms with van der Waals surface area (Å²) in [6.07, 6.45) is 1.33. The van der Waals surface area contributed by atoms with Crippen molar-refractivity contribution in [1.82, 2.24) is 9.78 Å². The van der Waals surface area contributed by atoms with Crippen LogP contribution in [0, 0.1) is 0 Å². The molecular formula is C11H13Cl2N3O. The fourth-order valence-electron chi connectivity index (χ4n) is 1.59. The number of hydrogen-bond acceptors (Lipinski definition) is 3. The molecule has 0 fully saturated rings. The van der Waals surface area contributed by atoms with E-state index in [-0.39, 0.29) is 5.88 Å². The van der Waals surface area contributed by atoms with E-state index in [9.17, 15) is 5.11 Å². The second kappa shape index (κ2) is 5.12. The number of aliphatic hydroxyl groups is 1. The van der Waals surface area contributed by atoms with Crippen LogP contribution in [0.3, 0.4) is 0 Å². The summed E-state index contributed by atoms with van der Waals surface area (Å²) in [4.78, 5) is 0. The van der Waals surface area contributed by atoms with E-state index in [0.29, 0.717) is 11.6 Å². The van der Waals surface area contributed by atoms with Gasteiger partial charge in [-0.25, -0.2) is 0 Å². The van der Waals surface area contributed by atoms with Crippen molar-refractivity contribution in [1.29, 1.82) is 0 Å². The van der Waals surface area contributed by atoms with E-state index in [1.165, 1.54) is 0 Å². The highest BCUT2D eigenvalue weighted by atomic mass is 35.5. The molecule has 2 rings (SSSR count). The van der Waals surface area contributed by atoms with Crippen LogP contribution in [0.5, 0.6) is 0 Å². The van der Waals surface area contributed by atoms with Crippen LogP contribution in [-0.2, 0) is 7.05 Å². The third-order valence-corrected chi connectivity index (χ3v) is 3.08. The van der Waals surface area contributed by atoms with Crippen molar-refractivity contribution >= 4 is 39.8 Å². The number of fused-ring (bicyclic) bond motifs is 1. The van der Waals surface area contributed by atoms with Crippen molar-refractivity contribution in [2.24, 2.45) is 7.05 Å². The van der Waals surface area contributed by atoms with Crippen LogP contribution in [0.15, 0.2) is 18.3 Å². The minimum Gasteiger partial charge on any atom is -0.390 e. The minimum atomic E-state index is -0.586. The first-order valence-electron chi connectivity index (χ1n) is 5.21. The molecule has 0 saturated heterocycles. The molecule has 0 aliphatic heterocycles. The number of halogens is 2. The predicted octanol–water partition coefficient (Wildman–Crippen LogP) is 2.24. The summed E-state index contributed by atoms with van der Waals surface area (Å²) in [6.45, 7) is 0.370. The molecule has 1 atom stereocenters. The third kappa shape index (κ3) is 2.83. The van der Waals surface area contributed by atoms with Crippen LogP contribution in [0.25, 0.3) is 10.9 Å². The van der Waals surface area contributed by atoms with Crippen LogP contribution in [0.1, 0.15) is 0 Å². The average Bonchev–Trinajstić information content (AvgIpc) is 2.64. The molecule has 0 bridgehead atoms. The lowest BCUT2D eigenvalue weighted by molar-refractivity contribution is 0.211. The molecule has 2 aromatic rings. The average molecular weight is 274 g/mol. The maximum absolute atomic E-state index is 9.37. The lowest BCUT2D eigenvalue weighted by Gasteiger charge is -2.11. The van der Waals surface area contributed by atoms with Gasteiger partial charge in [0.1, 0.15) is 0 Å². The van der Waals surface area contributed by atoms with Crippen LogP contribution in [0.2, 0.25) is 5.02 Å². The molecule has 0 saturated carbocycles. The van der Waals surface area contributed by atoms with Crippen LogP contribution >= 0.6 is 23.2 Å². The fourth-order valence-corrected chi connectivity index (χ4v) is 1.92. The van der Waals surface area contributed by atoms with Crippen LogP contribution < -0.4 is 5.32 Å². The molecule has 1 aromatic carbocycles. The van der Waals surface area contributed by atoms with E-state index in [4.69, 9.17) is 23.2 Å². The Labute approximate surface area is 109 Å². The number of anilines is 1. The molecule has 2 N–H and O–H groups in total. The molecular weight excluding hydrogens is 261 g/mol. The second-order valence-corrected chi connectivity index (χ2v) is 4.60. The summed E-state index contributed by atoms with van der Waals surface area (Å²) in [5.41, 5.74) is 1.62. The molecule has 17 heavy (non-hydrogen) atoms. The summed E-state index contributed by atoms with van der Waals surface area (Å²) in [7, 11) is 1.86. The number of alkyl halides is 1. The maximum atomic E-state index is 9.37. The Balaban J connectivity index is 2.24. The van der Waals surface area contributed by atoms with Gasteiger partial charge in [0.25, 0.3) is 0 Å². The molecule has 1 unspecified atom stereocenters. The molecule has 1 aromatic heterocycles. The van der Waals surface area contributed by atoms with Gasteiger partial charge < -0.3 is 10.4 Å². The zero-order chi connectivity index (χ0) is 12.4. The van der Waals surface area contributed by atoms with Crippen molar-refractivity contribution in [2.45, 2.75) is 6.10 Å². The molecule has 4 nitrogen and oxygen atoms in total. The number of nitrogens with zero attached hydrogens (tertiary/aromatic N) is 2. The summed E-state index contributed by atoms with van der Waals surface area (Å²) in [5.74, 6) is 0.194. The van der Waals surface area contributed by atoms with E-state index in [2.05, 4.69) is 10.4 Å². The molecule has 1 heterocycles. The smallest absolute Gasteiger partial charge is 0.0939 e. The molecule has 0 radical (unpaired) electrons. The van der Waals surface area contributed by atoms with E-state index >= 15 is 0 Å². The normalized spacial score (nSPS) is 12.9. The van der Waals surface area contributed by atoms with E-state index in [1.807, 2.05) is 19.3 Å². The number of aromatic nitrogens is 2. The highest BCUT2D eigenvalue weighted by molar-refractivity contribution is 6.34. The van der Waals surface area contributed by atoms with Gasteiger partial charge in [0.2, 0.25) is 0 Å². The summed E-state index contributed by atoms with van der Waals surface area (Å²) in [6, 6.07) is 3.71. The number of rotatable bonds is 4. The zero-order valence-corrected chi connectivity index (χ0v) is 10.8. The first-order valence-corrected chi connectivity index (χ1v) is 6.12. The fraction of sp³-hybridized carbons (Fsp3) is 0.364. The number of nitrogens with one attached hydrogen (secondary N) is 1. The van der Waals surface area contributed by atoms with Gasteiger partial charge in [0.05, 0.1) is 28.2 Å². The van der Waals surface area contributed by atoms with Crippen molar-refractivity contribution in [3.63, 3.8) is 0 Å². The van der Waals surface area contributed by atoms with E-state index < -0.39 is 6.10 Å². The Bertz CT molecular complexity index is 527. The number of aliphatic hydroxyl groups excluding tert-OH is 1. The summed E-state index contributed by atoms with van der Waals surface area (Å²) >= 11 is 11.6. The Morgan fingerprint density at radius 3 is 3.00 bits per heavy atom. The SMILES string of the molecule is Cn1cc2cc(NCC(O)CCl)c(Cl)cc2n1. The topological polar surface area (TPSA) is 50.1 Å². The van der Waals surface area contributed by atoms with Gasteiger partial charge in [0.15, 0.2) is 0 Å². The van der Waals surface area contributed by atoms with Gasteiger partial charge >= 0.3 is 0 Å². The molecule has 0 spiro atoms. The van der Waals surface area contributed by atoms with Crippen molar-refractivity contribution < 1.29 is 5.11 Å². The third-order valence-electron chi connectivity index (χ3n) is 2.41. The standard InChI is InChI=1S/C11H13Cl2N3O/c1-16-6-7-2-11(14-5-8(17)4-12)9(13)3-10(7)15-16/h2-3,6,8,14,17H,4-5H2,1H3. The molecule has 92 valence electrons. The molecule has 0 aliphatic rings. The van der Waals surface area contributed by atoms with Crippen molar-refractivity contribution in [3.8, 4) is 0 Å². The highest BCUT2D eigenvalue weighted by Crippen LogP contribution is 2.27. The van der Waals surface area contributed by atoms with Gasteiger partial charge in [-0.15, -0.1) is 11.6 Å². The second-order valence-electron chi connectivity index (χ2n) is 3.88. The number of aryl methyl sites for hydroxylation is 1. The van der Waals surface area contributed by atoms with E-state index in [1.54, 1.807) is 10.7 Å². The number of benzene rings is 1. The van der Waals surface area contributed by atoms with E-state index in [0.717, 1.165) is 16.6 Å². The van der Waals surface area contributed by atoms with Gasteiger partial charge in [0, 0.05) is 25.2 Å². The minimum absolute atomic E-state index is 0.194. The molecule has 6 heteroatoms.